The molecular weight excluding hydrogens is 363 g/mol. The van der Waals surface area contributed by atoms with Crippen LogP contribution in [-0.2, 0) is 17.8 Å². The average molecular weight is 378 g/mol. The average Bonchev–Trinajstić information content (AvgIpc) is 2.67. The van der Waals surface area contributed by atoms with Gasteiger partial charge in [-0.25, -0.2) is 19.3 Å². The number of nitrogens with zero attached hydrogens (tertiary/aromatic N) is 4. The molecule has 1 aromatic carbocycles. The summed E-state index contributed by atoms with van der Waals surface area (Å²) in [5, 5.41) is 17.6. The van der Waals surface area contributed by atoms with E-state index in [1.807, 2.05) is 6.07 Å². The highest BCUT2D eigenvalue weighted by Gasteiger charge is 2.11. The van der Waals surface area contributed by atoms with Gasteiger partial charge in [0.15, 0.2) is 0 Å². The Hall–Kier alpha value is -3.86. The van der Waals surface area contributed by atoms with Gasteiger partial charge in [-0.3, -0.25) is 4.79 Å². The quantitative estimate of drug-likeness (QED) is 0.702. The number of carbonyl (C=O) groups is 1. The van der Waals surface area contributed by atoms with Gasteiger partial charge in [-0.2, -0.15) is 5.26 Å². The molecule has 8 heteroatoms. The third-order valence-electron chi connectivity index (χ3n) is 3.90. The Bertz CT molecular complexity index is 1080. The molecule has 0 saturated heterocycles. The zero-order valence-corrected chi connectivity index (χ0v) is 14.9. The van der Waals surface area contributed by atoms with Crippen molar-refractivity contribution in [3.8, 4) is 23.2 Å². The first-order chi connectivity index (χ1) is 13.5. The lowest BCUT2D eigenvalue weighted by Crippen LogP contribution is -2.06. The molecule has 7 nitrogen and oxygen atoms in total. The number of carboxylic acids is 1. The molecule has 3 aromatic rings. The van der Waals surface area contributed by atoms with Crippen molar-refractivity contribution >= 4 is 5.97 Å². The molecule has 3 rings (SSSR count). The number of rotatable bonds is 6. The Labute approximate surface area is 160 Å². The lowest BCUT2D eigenvalue weighted by molar-refractivity contribution is -0.136. The lowest BCUT2D eigenvalue weighted by Gasteiger charge is -2.09. The number of aliphatic carboxylic acids is 1. The highest BCUT2D eigenvalue weighted by Crippen LogP contribution is 2.22. The Morgan fingerprint density at radius 1 is 1.29 bits per heavy atom. The number of nitriles is 1. The van der Waals surface area contributed by atoms with Crippen molar-refractivity contribution in [3.05, 3.63) is 71.1 Å². The summed E-state index contributed by atoms with van der Waals surface area (Å²) >= 11 is 0. The molecule has 140 valence electrons. The van der Waals surface area contributed by atoms with Gasteiger partial charge in [0.2, 0.25) is 5.88 Å². The molecule has 0 spiro atoms. The van der Waals surface area contributed by atoms with Crippen LogP contribution in [0.2, 0.25) is 0 Å². The maximum absolute atomic E-state index is 14.0. The van der Waals surface area contributed by atoms with E-state index in [1.165, 1.54) is 18.3 Å². The number of pyridine rings is 1. The molecule has 2 aromatic heterocycles. The first-order valence-electron chi connectivity index (χ1n) is 8.29. The number of aryl methyl sites for hydroxylation is 1. The topological polar surface area (TPSA) is 109 Å². The molecular formula is C20H15FN4O3. The van der Waals surface area contributed by atoms with Crippen LogP contribution in [0.5, 0.6) is 5.88 Å². The van der Waals surface area contributed by atoms with Gasteiger partial charge < -0.3 is 9.84 Å². The molecule has 0 saturated carbocycles. The standard InChI is InChI=1S/C20H15FN4O3/c1-12-15(10-23-18(24-12)8-20(26)27)17-3-2-4-19(25-17)28-11-14-6-5-13(9-22)7-16(14)21/h2-7,10H,8,11H2,1H3,(H,26,27). The van der Waals surface area contributed by atoms with Crippen molar-refractivity contribution in [1.82, 2.24) is 15.0 Å². The monoisotopic (exact) mass is 378 g/mol. The largest absolute Gasteiger partial charge is 0.481 e. The Morgan fingerprint density at radius 3 is 2.79 bits per heavy atom. The van der Waals surface area contributed by atoms with Crippen molar-refractivity contribution in [2.45, 2.75) is 20.0 Å². The van der Waals surface area contributed by atoms with Gasteiger partial charge in [0.25, 0.3) is 0 Å². The maximum atomic E-state index is 14.0. The van der Waals surface area contributed by atoms with Gasteiger partial charge in [-0.15, -0.1) is 0 Å². The minimum atomic E-state index is -1.00. The van der Waals surface area contributed by atoms with Gasteiger partial charge >= 0.3 is 5.97 Å². The van der Waals surface area contributed by atoms with Crippen molar-refractivity contribution in [1.29, 1.82) is 5.26 Å². The van der Waals surface area contributed by atoms with Crippen LogP contribution in [0.4, 0.5) is 4.39 Å². The zero-order valence-electron chi connectivity index (χ0n) is 14.9. The molecule has 0 aliphatic carbocycles. The van der Waals surface area contributed by atoms with E-state index in [0.717, 1.165) is 6.07 Å². The third kappa shape index (κ3) is 4.45. The summed E-state index contributed by atoms with van der Waals surface area (Å²) in [7, 11) is 0. The molecule has 0 fully saturated rings. The van der Waals surface area contributed by atoms with Crippen LogP contribution in [-0.4, -0.2) is 26.0 Å². The fourth-order valence-corrected chi connectivity index (χ4v) is 2.52. The van der Waals surface area contributed by atoms with E-state index in [4.69, 9.17) is 15.1 Å². The smallest absolute Gasteiger partial charge is 0.311 e. The fraction of sp³-hybridized carbons (Fsp3) is 0.150. The van der Waals surface area contributed by atoms with Crippen molar-refractivity contribution in [2.24, 2.45) is 0 Å². The van der Waals surface area contributed by atoms with Crippen molar-refractivity contribution in [2.75, 3.05) is 0 Å². The van der Waals surface area contributed by atoms with Crippen LogP contribution in [0.1, 0.15) is 22.6 Å². The van der Waals surface area contributed by atoms with E-state index >= 15 is 0 Å². The molecule has 1 N–H and O–H groups in total. The number of halogens is 1. The maximum Gasteiger partial charge on any atom is 0.311 e. The summed E-state index contributed by atoms with van der Waals surface area (Å²) in [6, 6.07) is 11.2. The number of aromatic nitrogens is 3. The Balaban J connectivity index is 1.77. The molecule has 0 unspecified atom stereocenters. The van der Waals surface area contributed by atoms with Gasteiger partial charge in [-0.05, 0) is 25.1 Å². The van der Waals surface area contributed by atoms with E-state index in [-0.39, 0.29) is 30.3 Å². The van der Waals surface area contributed by atoms with Crippen LogP contribution < -0.4 is 4.74 Å². The summed E-state index contributed by atoms with van der Waals surface area (Å²) in [6.07, 6.45) is 1.26. The summed E-state index contributed by atoms with van der Waals surface area (Å²) < 4.78 is 19.5. The number of hydrogen-bond acceptors (Lipinski definition) is 6. The van der Waals surface area contributed by atoms with Crippen LogP contribution in [0.25, 0.3) is 11.3 Å². The Kier molecular flexibility index (Phi) is 5.56. The first kappa shape index (κ1) is 18.9. The number of ether oxygens (including phenoxy) is 1. The van der Waals surface area contributed by atoms with Crippen molar-refractivity contribution < 1.29 is 19.0 Å². The molecule has 0 radical (unpaired) electrons. The lowest BCUT2D eigenvalue weighted by atomic mass is 10.1. The predicted molar refractivity (Wildman–Crippen MR) is 96.8 cm³/mol. The molecule has 0 aliphatic heterocycles. The second-order valence-corrected chi connectivity index (χ2v) is 5.92. The van der Waals surface area contributed by atoms with Crippen molar-refractivity contribution in [3.63, 3.8) is 0 Å². The van der Waals surface area contributed by atoms with E-state index < -0.39 is 11.8 Å². The summed E-state index contributed by atoms with van der Waals surface area (Å²) in [4.78, 5) is 23.4. The number of hydrogen-bond donors (Lipinski definition) is 1. The Morgan fingerprint density at radius 2 is 2.11 bits per heavy atom. The number of benzene rings is 1. The SMILES string of the molecule is Cc1nc(CC(=O)O)ncc1-c1cccc(OCc2ccc(C#N)cc2F)n1. The normalized spacial score (nSPS) is 10.3. The molecule has 0 amide bonds. The zero-order chi connectivity index (χ0) is 20.1. The van der Waals surface area contributed by atoms with Gasteiger partial charge in [0.1, 0.15) is 24.7 Å². The second-order valence-electron chi connectivity index (χ2n) is 5.92. The van der Waals surface area contributed by atoms with Crippen LogP contribution in [0, 0.1) is 24.1 Å². The van der Waals surface area contributed by atoms with Gasteiger partial charge in [0.05, 0.1) is 23.0 Å². The highest BCUT2D eigenvalue weighted by molar-refractivity contribution is 5.69. The molecule has 28 heavy (non-hydrogen) atoms. The van der Waals surface area contributed by atoms with Crippen LogP contribution in [0.15, 0.2) is 42.6 Å². The van der Waals surface area contributed by atoms with E-state index in [2.05, 4.69) is 15.0 Å². The first-order valence-corrected chi connectivity index (χ1v) is 8.29. The van der Waals surface area contributed by atoms with Gasteiger partial charge in [-0.1, -0.05) is 12.1 Å². The third-order valence-corrected chi connectivity index (χ3v) is 3.90. The molecule has 0 atom stereocenters. The van der Waals surface area contributed by atoms with Crippen LogP contribution in [0.3, 0.4) is 0 Å². The summed E-state index contributed by atoms with van der Waals surface area (Å²) in [5.41, 5.74) is 2.34. The highest BCUT2D eigenvalue weighted by atomic mass is 19.1. The summed E-state index contributed by atoms with van der Waals surface area (Å²) in [6.45, 7) is 1.70. The second kappa shape index (κ2) is 8.22. The minimum absolute atomic E-state index is 0.0406. The molecule has 2 heterocycles. The molecule has 0 bridgehead atoms. The number of carboxylic acid groups (broad SMARTS) is 1. The van der Waals surface area contributed by atoms with E-state index in [9.17, 15) is 9.18 Å². The van der Waals surface area contributed by atoms with E-state index in [0.29, 0.717) is 22.5 Å². The fourth-order valence-electron chi connectivity index (χ4n) is 2.52. The van der Waals surface area contributed by atoms with Gasteiger partial charge in [0, 0.05) is 23.4 Å². The molecule has 0 aliphatic rings. The summed E-state index contributed by atoms with van der Waals surface area (Å²) in [5.74, 6) is -1.02. The predicted octanol–water partition coefficient (Wildman–Crippen LogP) is 3.06. The minimum Gasteiger partial charge on any atom is -0.481 e. The van der Waals surface area contributed by atoms with E-state index in [1.54, 1.807) is 25.1 Å². The van der Waals surface area contributed by atoms with Crippen LogP contribution >= 0.6 is 0 Å².